The first-order chi connectivity index (χ1) is 16.3. The molecular weight excluding hydrogens is 432 g/mol. The van der Waals surface area contributed by atoms with Gasteiger partial charge in [0.1, 0.15) is 22.8 Å². The van der Waals surface area contributed by atoms with Crippen LogP contribution in [0.5, 0.6) is 5.75 Å². The van der Waals surface area contributed by atoms with E-state index in [1.807, 2.05) is 13.0 Å². The van der Waals surface area contributed by atoms with Gasteiger partial charge in [-0.2, -0.15) is 0 Å². The number of furan rings is 1. The van der Waals surface area contributed by atoms with Crippen LogP contribution in [0.15, 0.2) is 40.9 Å². The van der Waals surface area contributed by atoms with E-state index in [2.05, 4.69) is 34.6 Å². The van der Waals surface area contributed by atoms with E-state index in [0.29, 0.717) is 34.1 Å². The number of hydrogen-bond acceptors (Lipinski definition) is 6. The van der Waals surface area contributed by atoms with E-state index in [-0.39, 0.29) is 17.6 Å². The largest absolute Gasteiger partial charge is 0.497 e. The highest BCUT2D eigenvalue weighted by Gasteiger charge is 2.29. The third-order valence-electron chi connectivity index (χ3n) is 6.35. The van der Waals surface area contributed by atoms with Crippen molar-refractivity contribution in [3.8, 4) is 5.75 Å². The minimum absolute atomic E-state index is 0.0419. The van der Waals surface area contributed by atoms with Crippen molar-refractivity contribution < 1.29 is 18.7 Å². The molecule has 2 amide bonds. The summed E-state index contributed by atoms with van der Waals surface area (Å²) in [5, 5.41) is 6.42. The fourth-order valence-corrected chi connectivity index (χ4v) is 4.55. The molecule has 0 unspecified atom stereocenters. The summed E-state index contributed by atoms with van der Waals surface area (Å²) in [5.41, 5.74) is 1.83. The lowest BCUT2D eigenvalue weighted by Crippen LogP contribution is -2.31. The Morgan fingerprint density at radius 2 is 1.88 bits per heavy atom. The number of rotatable bonds is 7. The third-order valence-corrected chi connectivity index (χ3v) is 6.35. The van der Waals surface area contributed by atoms with Crippen LogP contribution >= 0.6 is 0 Å². The maximum Gasteiger partial charge on any atom is 0.294 e. The fraction of sp³-hybridized carbons (Fsp3) is 0.423. The number of ether oxygens (including phenoxy) is 1. The molecule has 1 saturated carbocycles. The molecule has 1 aliphatic rings. The van der Waals surface area contributed by atoms with Gasteiger partial charge in [0.05, 0.1) is 7.11 Å². The van der Waals surface area contributed by atoms with Crippen molar-refractivity contribution in [2.24, 2.45) is 11.8 Å². The fourth-order valence-electron chi connectivity index (χ4n) is 4.55. The van der Waals surface area contributed by atoms with Gasteiger partial charge in [-0.05, 0) is 76.4 Å². The number of aryl methyl sites for hydroxylation is 1. The van der Waals surface area contributed by atoms with E-state index < -0.39 is 5.91 Å². The van der Waals surface area contributed by atoms with E-state index in [9.17, 15) is 9.59 Å². The normalized spacial score (nSPS) is 18.1. The van der Waals surface area contributed by atoms with Crippen molar-refractivity contribution in [2.45, 2.75) is 32.6 Å². The highest BCUT2D eigenvalue weighted by Crippen LogP contribution is 2.36. The lowest BCUT2D eigenvalue weighted by atomic mass is 9.81. The maximum atomic E-state index is 13.2. The molecule has 1 aliphatic carbocycles. The van der Waals surface area contributed by atoms with Crippen molar-refractivity contribution in [1.82, 2.24) is 9.88 Å². The van der Waals surface area contributed by atoms with Gasteiger partial charge < -0.3 is 24.7 Å². The second-order valence-corrected chi connectivity index (χ2v) is 9.31. The molecule has 8 heteroatoms. The van der Waals surface area contributed by atoms with Gasteiger partial charge >= 0.3 is 0 Å². The van der Waals surface area contributed by atoms with Gasteiger partial charge in [0.2, 0.25) is 11.7 Å². The smallest absolute Gasteiger partial charge is 0.294 e. The predicted octanol–water partition coefficient (Wildman–Crippen LogP) is 4.70. The molecule has 4 rings (SSSR count). The number of methoxy groups -OCH3 is 1. The molecule has 34 heavy (non-hydrogen) atoms. The zero-order valence-corrected chi connectivity index (χ0v) is 20.2. The number of anilines is 2. The van der Waals surface area contributed by atoms with E-state index in [0.717, 1.165) is 37.8 Å². The highest BCUT2D eigenvalue weighted by molar-refractivity contribution is 6.14. The molecule has 2 N–H and O–H groups in total. The minimum Gasteiger partial charge on any atom is -0.497 e. The minimum atomic E-state index is -0.475. The van der Waals surface area contributed by atoms with E-state index in [4.69, 9.17) is 9.15 Å². The van der Waals surface area contributed by atoms with Gasteiger partial charge in [-0.25, -0.2) is 4.98 Å². The summed E-state index contributed by atoms with van der Waals surface area (Å²) in [6.07, 6.45) is 5.39. The quantitative estimate of drug-likeness (QED) is 0.526. The van der Waals surface area contributed by atoms with Crippen molar-refractivity contribution in [1.29, 1.82) is 0 Å². The van der Waals surface area contributed by atoms with Crippen LogP contribution in [0.4, 0.5) is 11.5 Å². The zero-order valence-electron chi connectivity index (χ0n) is 20.2. The first-order valence-corrected chi connectivity index (χ1v) is 11.6. The van der Waals surface area contributed by atoms with Gasteiger partial charge in [0.25, 0.3) is 5.91 Å². The summed E-state index contributed by atoms with van der Waals surface area (Å²) in [6.45, 7) is 2.97. The molecule has 0 radical (unpaired) electrons. The molecule has 8 nitrogen and oxygen atoms in total. The average molecular weight is 465 g/mol. The van der Waals surface area contributed by atoms with Crippen LogP contribution in [0.1, 0.15) is 41.8 Å². The predicted molar refractivity (Wildman–Crippen MR) is 132 cm³/mol. The topological polar surface area (TPSA) is 96.7 Å². The first-order valence-electron chi connectivity index (χ1n) is 11.6. The van der Waals surface area contributed by atoms with Crippen molar-refractivity contribution in [2.75, 3.05) is 38.4 Å². The van der Waals surface area contributed by atoms with Crippen LogP contribution in [0.3, 0.4) is 0 Å². The van der Waals surface area contributed by atoms with Crippen molar-refractivity contribution in [3.05, 3.63) is 47.9 Å². The molecule has 0 saturated heterocycles. The Bertz CT molecular complexity index is 1160. The number of benzene rings is 1. The van der Waals surface area contributed by atoms with Gasteiger partial charge in [0.15, 0.2) is 0 Å². The number of nitrogens with zero attached hydrogens (tertiary/aromatic N) is 2. The van der Waals surface area contributed by atoms with Gasteiger partial charge in [-0.3, -0.25) is 9.59 Å². The summed E-state index contributed by atoms with van der Waals surface area (Å²) < 4.78 is 11.2. The van der Waals surface area contributed by atoms with Crippen LogP contribution in [0, 0.1) is 18.8 Å². The molecule has 180 valence electrons. The summed E-state index contributed by atoms with van der Waals surface area (Å²) in [7, 11) is 5.73. The second kappa shape index (κ2) is 10.3. The SMILES string of the molecule is COc1ccc2c(NC(=O)C3CCC(CN(C)C)CC3)c(C(=O)Nc3ccc(C)cn3)oc2c1. The van der Waals surface area contributed by atoms with Gasteiger partial charge in [-0.15, -0.1) is 0 Å². The van der Waals surface area contributed by atoms with Gasteiger partial charge in [0, 0.05) is 30.1 Å². The number of hydrogen-bond donors (Lipinski definition) is 2. The van der Waals surface area contributed by atoms with Crippen LogP contribution in [-0.4, -0.2) is 49.4 Å². The van der Waals surface area contributed by atoms with Crippen LogP contribution in [0.2, 0.25) is 0 Å². The number of aromatic nitrogens is 1. The molecule has 0 aliphatic heterocycles. The highest BCUT2D eigenvalue weighted by atomic mass is 16.5. The van der Waals surface area contributed by atoms with Crippen molar-refractivity contribution in [3.63, 3.8) is 0 Å². The molecular formula is C26H32N4O4. The number of nitrogens with one attached hydrogen (secondary N) is 2. The van der Waals surface area contributed by atoms with Crippen LogP contribution in [0.25, 0.3) is 11.0 Å². The molecule has 1 fully saturated rings. The standard InChI is InChI=1S/C26H32N4O4/c1-16-5-12-22(27-14-16)28-26(32)24-23(20-11-10-19(33-4)13-21(20)34-24)29-25(31)18-8-6-17(7-9-18)15-30(2)3/h5,10-14,17-18H,6-9,15H2,1-4H3,(H,29,31)(H,27,28,32). The maximum absolute atomic E-state index is 13.2. The molecule has 0 atom stereocenters. The molecule has 2 aromatic heterocycles. The summed E-state index contributed by atoms with van der Waals surface area (Å²) in [5.74, 6) is 1.03. The summed E-state index contributed by atoms with van der Waals surface area (Å²) in [4.78, 5) is 32.7. The first kappa shape index (κ1) is 23.8. The monoisotopic (exact) mass is 464 g/mol. The molecule has 0 bridgehead atoms. The Morgan fingerprint density at radius 1 is 1.12 bits per heavy atom. The molecule has 0 spiro atoms. The molecule has 2 heterocycles. The lowest BCUT2D eigenvalue weighted by Gasteiger charge is -2.29. The van der Waals surface area contributed by atoms with E-state index in [1.165, 1.54) is 0 Å². The molecule has 3 aromatic rings. The zero-order chi connectivity index (χ0) is 24.2. The van der Waals surface area contributed by atoms with E-state index in [1.54, 1.807) is 37.6 Å². The Kier molecular flexibility index (Phi) is 7.17. The average Bonchev–Trinajstić information content (AvgIpc) is 3.18. The number of carbonyl (C=O) groups excluding carboxylic acids is 2. The number of carbonyl (C=O) groups is 2. The lowest BCUT2D eigenvalue weighted by molar-refractivity contribution is -0.121. The Morgan fingerprint density at radius 3 is 2.53 bits per heavy atom. The summed E-state index contributed by atoms with van der Waals surface area (Å²) >= 11 is 0. The van der Waals surface area contributed by atoms with E-state index >= 15 is 0 Å². The van der Waals surface area contributed by atoms with Gasteiger partial charge in [-0.1, -0.05) is 6.07 Å². The third kappa shape index (κ3) is 5.39. The number of pyridine rings is 1. The Balaban J connectivity index is 1.57. The summed E-state index contributed by atoms with van der Waals surface area (Å²) in [6, 6.07) is 8.87. The number of amides is 2. The number of fused-ring (bicyclic) bond motifs is 1. The van der Waals surface area contributed by atoms with Crippen LogP contribution < -0.4 is 15.4 Å². The Hall–Kier alpha value is -3.39. The Labute approximate surface area is 199 Å². The van der Waals surface area contributed by atoms with Crippen LogP contribution in [-0.2, 0) is 4.79 Å². The molecule has 1 aromatic carbocycles. The van der Waals surface area contributed by atoms with Crippen molar-refractivity contribution >= 4 is 34.3 Å². The second-order valence-electron chi connectivity index (χ2n) is 9.31.